The maximum Gasteiger partial charge on any atom is 0.223 e. The number of hydrogen-bond acceptors (Lipinski definition) is 5. The molecule has 0 unspecified atom stereocenters. The van der Waals surface area contributed by atoms with Crippen molar-refractivity contribution >= 4 is 5.95 Å². The van der Waals surface area contributed by atoms with Gasteiger partial charge in [-0.3, -0.25) is 4.98 Å². The first-order chi connectivity index (χ1) is 7.34. The summed E-state index contributed by atoms with van der Waals surface area (Å²) in [5.41, 5.74) is 6.25. The third-order valence-corrected chi connectivity index (χ3v) is 1.74. The minimum atomic E-state index is 0.202. The molecule has 2 rings (SSSR count). The fourth-order valence-corrected chi connectivity index (χ4v) is 1.07. The Labute approximate surface area is 87.0 Å². The molecule has 0 aliphatic heterocycles. The highest BCUT2D eigenvalue weighted by Gasteiger charge is 1.98. The van der Waals surface area contributed by atoms with E-state index in [1.807, 2.05) is 18.2 Å². The first-order valence-corrected chi connectivity index (χ1v) is 4.46. The Morgan fingerprint density at radius 1 is 1.13 bits per heavy atom. The molecule has 0 saturated heterocycles. The van der Waals surface area contributed by atoms with E-state index in [1.54, 1.807) is 18.5 Å². The normalized spacial score (nSPS) is 9.87. The summed E-state index contributed by atoms with van der Waals surface area (Å²) in [6, 6.07) is 7.29. The van der Waals surface area contributed by atoms with E-state index >= 15 is 0 Å². The van der Waals surface area contributed by atoms with Crippen LogP contribution in [-0.4, -0.2) is 15.0 Å². The van der Waals surface area contributed by atoms with Crippen LogP contribution in [0.3, 0.4) is 0 Å². The maximum atomic E-state index is 5.41. The van der Waals surface area contributed by atoms with E-state index in [1.165, 1.54) is 0 Å². The largest absolute Gasteiger partial charge is 0.471 e. The first kappa shape index (κ1) is 9.39. The molecule has 0 radical (unpaired) electrons. The van der Waals surface area contributed by atoms with E-state index in [0.717, 1.165) is 5.69 Å². The van der Waals surface area contributed by atoms with Gasteiger partial charge in [0.05, 0.1) is 5.69 Å². The third-order valence-electron chi connectivity index (χ3n) is 1.74. The molecular formula is C10H10N4O. The Kier molecular flexibility index (Phi) is 2.73. The second-order valence-corrected chi connectivity index (χ2v) is 2.86. The number of nitrogens with zero attached hydrogens (tertiary/aromatic N) is 3. The fourth-order valence-electron chi connectivity index (χ4n) is 1.07. The van der Waals surface area contributed by atoms with Crippen molar-refractivity contribution in [1.82, 2.24) is 15.0 Å². The quantitative estimate of drug-likeness (QED) is 0.804. The van der Waals surface area contributed by atoms with Crippen LogP contribution in [0, 0.1) is 0 Å². The predicted molar refractivity (Wildman–Crippen MR) is 55.0 cm³/mol. The van der Waals surface area contributed by atoms with Crippen molar-refractivity contribution in [1.29, 1.82) is 0 Å². The van der Waals surface area contributed by atoms with Crippen LogP contribution in [0.2, 0.25) is 0 Å². The van der Waals surface area contributed by atoms with Crippen molar-refractivity contribution in [2.75, 3.05) is 5.73 Å². The number of nitrogens with two attached hydrogens (primary N) is 1. The molecule has 0 spiro atoms. The van der Waals surface area contributed by atoms with E-state index in [-0.39, 0.29) is 5.95 Å². The van der Waals surface area contributed by atoms with Crippen LogP contribution in [0.25, 0.3) is 0 Å². The van der Waals surface area contributed by atoms with Crippen molar-refractivity contribution in [3.63, 3.8) is 0 Å². The Bertz CT molecular complexity index is 432. The molecule has 0 bridgehead atoms. The van der Waals surface area contributed by atoms with Gasteiger partial charge in [0.2, 0.25) is 11.8 Å². The van der Waals surface area contributed by atoms with Crippen LogP contribution >= 0.6 is 0 Å². The Morgan fingerprint density at radius 3 is 2.80 bits per heavy atom. The number of aromatic nitrogens is 3. The topological polar surface area (TPSA) is 73.9 Å². The van der Waals surface area contributed by atoms with Crippen LogP contribution in [0.4, 0.5) is 5.95 Å². The maximum absolute atomic E-state index is 5.41. The van der Waals surface area contributed by atoms with Gasteiger partial charge in [0, 0.05) is 18.5 Å². The average Bonchev–Trinajstić information content (AvgIpc) is 2.28. The first-order valence-electron chi connectivity index (χ1n) is 4.46. The van der Waals surface area contributed by atoms with E-state index in [2.05, 4.69) is 15.0 Å². The van der Waals surface area contributed by atoms with E-state index in [0.29, 0.717) is 12.5 Å². The van der Waals surface area contributed by atoms with Crippen LogP contribution in [0.1, 0.15) is 5.69 Å². The smallest absolute Gasteiger partial charge is 0.223 e. The Hall–Kier alpha value is -2.17. The molecule has 5 heteroatoms. The van der Waals surface area contributed by atoms with E-state index in [9.17, 15) is 0 Å². The number of hydrogen-bond donors (Lipinski definition) is 1. The number of anilines is 1. The van der Waals surface area contributed by atoms with E-state index in [4.69, 9.17) is 10.5 Å². The van der Waals surface area contributed by atoms with Crippen molar-refractivity contribution in [2.24, 2.45) is 0 Å². The van der Waals surface area contributed by atoms with Crippen LogP contribution < -0.4 is 10.5 Å². The summed E-state index contributed by atoms with van der Waals surface area (Å²) < 4.78 is 5.38. The molecule has 2 heterocycles. The molecule has 0 aliphatic carbocycles. The molecule has 2 aromatic rings. The molecule has 0 aliphatic rings. The lowest BCUT2D eigenvalue weighted by molar-refractivity contribution is 0.289. The molecule has 2 N–H and O–H groups in total. The zero-order chi connectivity index (χ0) is 10.5. The number of nitrogen functional groups attached to an aromatic ring is 1. The Balaban J connectivity index is 1.99. The molecule has 0 atom stereocenters. The van der Waals surface area contributed by atoms with Crippen molar-refractivity contribution in [2.45, 2.75) is 6.61 Å². The summed E-state index contributed by atoms with van der Waals surface area (Å²) in [5.74, 6) is 0.654. The van der Waals surface area contributed by atoms with E-state index < -0.39 is 0 Å². The molecular weight excluding hydrogens is 192 g/mol. The van der Waals surface area contributed by atoms with Gasteiger partial charge in [0.1, 0.15) is 6.61 Å². The summed E-state index contributed by atoms with van der Waals surface area (Å²) in [4.78, 5) is 11.8. The monoisotopic (exact) mass is 202 g/mol. The van der Waals surface area contributed by atoms with Gasteiger partial charge >= 0.3 is 0 Å². The average molecular weight is 202 g/mol. The van der Waals surface area contributed by atoms with Gasteiger partial charge in [-0.15, -0.1) is 0 Å². The fraction of sp³-hybridized carbons (Fsp3) is 0.100. The van der Waals surface area contributed by atoms with Gasteiger partial charge in [0.25, 0.3) is 0 Å². The summed E-state index contributed by atoms with van der Waals surface area (Å²) in [5, 5.41) is 0. The molecule has 5 nitrogen and oxygen atoms in total. The number of ether oxygens (including phenoxy) is 1. The van der Waals surface area contributed by atoms with Crippen molar-refractivity contribution in [3.05, 3.63) is 42.4 Å². The highest BCUT2D eigenvalue weighted by molar-refractivity contribution is 5.20. The number of pyridine rings is 1. The second-order valence-electron chi connectivity index (χ2n) is 2.86. The van der Waals surface area contributed by atoms with Crippen LogP contribution in [0.5, 0.6) is 5.88 Å². The molecule has 0 amide bonds. The van der Waals surface area contributed by atoms with Gasteiger partial charge in [-0.2, -0.15) is 4.98 Å². The van der Waals surface area contributed by atoms with Gasteiger partial charge in [-0.05, 0) is 12.1 Å². The highest BCUT2D eigenvalue weighted by Crippen LogP contribution is 2.07. The van der Waals surface area contributed by atoms with Crippen LogP contribution in [-0.2, 0) is 6.61 Å². The van der Waals surface area contributed by atoms with Gasteiger partial charge in [-0.25, -0.2) is 4.98 Å². The summed E-state index contributed by atoms with van der Waals surface area (Å²) >= 11 is 0. The zero-order valence-electron chi connectivity index (χ0n) is 8.00. The van der Waals surface area contributed by atoms with Crippen molar-refractivity contribution in [3.8, 4) is 5.88 Å². The molecule has 76 valence electrons. The molecule has 2 aromatic heterocycles. The summed E-state index contributed by atoms with van der Waals surface area (Å²) in [6.45, 7) is 0.372. The minimum Gasteiger partial charge on any atom is -0.471 e. The zero-order valence-corrected chi connectivity index (χ0v) is 8.00. The lowest BCUT2D eigenvalue weighted by atomic mass is 10.4. The van der Waals surface area contributed by atoms with Crippen molar-refractivity contribution < 1.29 is 4.74 Å². The summed E-state index contributed by atoms with van der Waals surface area (Å²) in [6.07, 6.45) is 3.27. The van der Waals surface area contributed by atoms with Crippen LogP contribution in [0.15, 0.2) is 36.7 Å². The molecule has 0 saturated carbocycles. The highest BCUT2D eigenvalue weighted by atomic mass is 16.5. The lowest BCUT2D eigenvalue weighted by Crippen LogP contribution is -2.01. The van der Waals surface area contributed by atoms with Gasteiger partial charge in [-0.1, -0.05) is 6.07 Å². The molecule has 15 heavy (non-hydrogen) atoms. The van der Waals surface area contributed by atoms with Gasteiger partial charge < -0.3 is 10.5 Å². The standard InChI is InChI=1S/C10H10N4O/c11-10-13-6-4-9(14-10)15-7-8-3-1-2-5-12-8/h1-6H,7H2,(H2,11,13,14). The predicted octanol–water partition coefficient (Wildman–Crippen LogP) is 1.03. The number of rotatable bonds is 3. The third kappa shape index (κ3) is 2.63. The minimum absolute atomic E-state index is 0.202. The SMILES string of the molecule is Nc1nccc(OCc2ccccn2)n1. The molecule has 0 fully saturated rings. The second kappa shape index (κ2) is 4.36. The Morgan fingerprint density at radius 2 is 2.07 bits per heavy atom. The molecule has 0 aromatic carbocycles. The summed E-state index contributed by atoms with van der Waals surface area (Å²) in [7, 11) is 0. The van der Waals surface area contributed by atoms with Gasteiger partial charge in [0.15, 0.2) is 0 Å². The lowest BCUT2D eigenvalue weighted by Gasteiger charge is -2.03.